The van der Waals surface area contributed by atoms with Crippen molar-refractivity contribution in [3.05, 3.63) is 211 Å². The van der Waals surface area contributed by atoms with E-state index in [2.05, 4.69) is 167 Å². The number of nitrogens with zero attached hydrogens (tertiary/aromatic N) is 5. The van der Waals surface area contributed by atoms with E-state index in [1.165, 1.54) is 0 Å². The van der Waals surface area contributed by atoms with Crippen LogP contribution in [0.25, 0.3) is 99.8 Å². The van der Waals surface area contributed by atoms with Crippen LogP contribution in [0.4, 0.5) is 0 Å². The quantitative estimate of drug-likeness (QED) is 0.169. The molecule has 278 valence electrons. The van der Waals surface area contributed by atoms with Crippen molar-refractivity contribution in [1.82, 2.24) is 14.1 Å². The van der Waals surface area contributed by atoms with Crippen molar-refractivity contribution in [1.29, 1.82) is 10.5 Å². The summed E-state index contributed by atoms with van der Waals surface area (Å²) in [6.45, 7) is 0. The lowest BCUT2D eigenvalue weighted by Crippen LogP contribution is -2.04. The Kier molecular flexibility index (Phi) is 8.19. The zero-order chi connectivity index (χ0) is 40.2. The molecule has 0 spiro atoms. The summed E-state index contributed by atoms with van der Waals surface area (Å²) >= 11 is 0. The zero-order valence-corrected chi connectivity index (χ0v) is 32.3. The van der Waals surface area contributed by atoms with Gasteiger partial charge in [-0.1, -0.05) is 140 Å². The molecule has 60 heavy (non-hydrogen) atoms. The molecule has 11 aromatic rings. The highest BCUT2D eigenvalue weighted by atomic mass is 15.1. The number of rotatable bonds is 6. The number of aromatic nitrogens is 3. The third kappa shape index (κ3) is 5.57. The Labute approximate surface area is 346 Å². The molecule has 0 atom stereocenters. The molecule has 0 aliphatic heterocycles. The summed E-state index contributed by atoms with van der Waals surface area (Å²) in [5.41, 5.74) is 13.7. The average molecular weight is 764 g/mol. The minimum atomic E-state index is 0.614. The fourth-order valence-electron chi connectivity index (χ4n) is 8.97. The number of hydrogen-bond acceptors (Lipinski definition) is 3. The molecule has 5 nitrogen and oxygen atoms in total. The van der Waals surface area contributed by atoms with Crippen LogP contribution in [0.15, 0.2) is 200 Å². The van der Waals surface area contributed by atoms with Crippen LogP contribution in [0.1, 0.15) is 11.1 Å². The van der Waals surface area contributed by atoms with E-state index in [9.17, 15) is 10.5 Å². The predicted octanol–water partition coefficient (Wildman–Crippen LogP) is 13.7. The van der Waals surface area contributed by atoms with Crippen molar-refractivity contribution in [2.75, 3.05) is 0 Å². The van der Waals surface area contributed by atoms with E-state index in [0.29, 0.717) is 11.1 Å². The van der Waals surface area contributed by atoms with Gasteiger partial charge in [0.25, 0.3) is 0 Å². The van der Waals surface area contributed by atoms with Crippen LogP contribution in [-0.2, 0) is 0 Å². The molecule has 0 N–H and O–H groups in total. The summed E-state index contributed by atoms with van der Waals surface area (Å²) in [7, 11) is 0. The Morgan fingerprint density at radius 2 is 0.733 bits per heavy atom. The van der Waals surface area contributed by atoms with Gasteiger partial charge in [0.15, 0.2) is 0 Å². The summed E-state index contributed by atoms with van der Waals surface area (Å²) in [4.78, 5) is 5.55. The number of pyridine rings is 1. The summed E-state index contributed by atoms with van der Waals surface area (Å²) < 4.78 is 4.50. The highest BCUT2D eigenvalue weighted by molar-refractivity contribution is 6.11. The molecule has 8 aromatic carbocycles. The molecule has 0 saturated carbocycles. The van der Waals surface area contributed by atoms with Crippen LogP contribution in [0.3, 0.4) is 0 Å². The Morgan fingerprint density at radius 1 is 0.317 bits per heavy atom. The number of benzene rings is 8. The smallest absolute Gasteiger partial charge is 0.140 e. The molecule has 0 radical (unpaired) electrons. The standard InChI is InChI=1S/C55H33N5/c56-34-36-26-28-44(48(30-36)38-14-2-1-3-15-38)43-19-7-6-18-42(43)41-17-5-4-16-40(41)39-32-54(59-50-23-11-8-20-45(50)46-21-9-12-24-51(46)59)58-55(33-39)60-52-25-13-10-22-47(52)49-31-37(35-57)27-29-53(49)60/h1-33H. The summed E-state index contributed by atoms with van der Waals surface area (Å²) in [6, 6.07) is 73.8. The monoisotopic (exact) mass is 763 g/mol. The van der Waals surface area contributed by atoms with E-state index < -0.39 is 0 Å². The molecule has 5 heteroatoms. The third-order valence-corrected chi connectivity index (χ3v) is 11.6. The van der Waals surface area contributed by atoms with E-state index in [1.54, 1.807) is 0 Å². The van der Waals surface area contributed by atoms with Gasteiger partial charge >= 0.3 is 0 Å². The van der Waals surface area contributed by atoms with Gasteiger partial charge in [0.05, 0.1) is 45.3 Å². The van der Waals surface area contributed by atoms with Crippen LogP contribution in [-0.4, -0.2) is 14.1 Å². The minimum Gasteiger partial charge on any atom is -0.294 e. The van der Waals surface area contributed by atoms with Crippen LogP contribution in [0, 0.1) is 22.7 Å². The van der Waals surface area contributed by atoms with Crippen molar-refractivity contribution in [2.24, 2.45) is 0 Å². The van der Waals surface area contributed by atoms with Crippen molar-refractivity contribution >= 4 is 43.6 Å². The first kappa shape index (κ1) is 34.7. The Balaban J connectivity index is 1.20. The van der Waals surface area contributed by atoms with Crippen LogP contribution in [0.5, 0.6) is 0 Å². The summed E-state index contributed by atoms with van der Waals surface area (Å²) in [5, 5.41) is 24.2. The van der Waals surface area contributed by atoms with Gasteiger partial charge in [0.1, 0.15) is 11.6 Å². The Hall–Kier alpha value is -8.51. The van der Waals surface area contributed by atoms with E-state index in [-0.39, 0.29) is 0 Å². The van der Waals surface area contributed by atoms with Crippen molar-refractivity contribution in [2.45, 2.75) is 0 Å². The lowest BCUT2D eigenvalue weighted by atomic mass is 9.86. The normalized spacial score (nSPS) is 11.3. The van der Waals surface area contributed by atoms with Gasteiger partial charge < -0.3 is 0 Å². The fraction of sp³-hybridized carbons (Fsp3) is 0. The molecule has 0 unspecified atom stereocenters. The Morgan fingerprint density at radius 3 is 1.30 bits per heavy atom. The lowest BCUT2D eigenvalue weighted by Gasteiger charge is -2.19. The molecule has 0 aliphatic carbocycles. The fourth-order valence-corrected chi connectivity index (χ4v) is 8.97. The van der Waals surface area contributed by atoms with Gasteiger partial charge in [-0.25, -0.2) is 4.98 Å². The van der Waals surface area contributed by atoms with Gasteiger partial charge in [-0.2, -0.15) is 10.5 Å². The number of nitriles is 2. The van der Waals surface area contributed by atoms with E-state index in [1.807, 2.05) is 54.6 Å². The topological polar surface area (TPSA) is 70.3 Å². The first-order valence-electron chi connectivity index (χ1n) is 19.9. The first-order valence-corrected chi connectivity index (χ1v) is 19.9. The second kappa shape index (κ2) is 14.1. The van der Waals surface area contributed by atoms with Crippen LogP contribution < -0.4 is 0 Å². The second-order valence-electron chi connectivity index (χ2n) is 15.0. The van der Waals surface area contributed by atoms with Crippen molar-refractivity contribution in [3.63, 3.8) is 0 Å². The van der Waals surface area contributed by atoms with Gasteiger partial charge in [0, 0.05) is 21.5 Å². The average Bonchev–Trinajstić information content (AvgIpc) is 3.84. The number of para-hydroxylation sites is 3. The second-order valence-corrected chi connectivity index (χ2v) is 15.0. The molecule has 0 aliphatic rings. The largest absolute Gasteiger partial charge is 0.294 e. The van der Waals surface area contributed by atoms with Crippen LogP contribution in [0.2, 0.25) is 0 Å². The van der Waals surface area contributed by atoms with Crippen LogP contribution >= 0.6 is 0 Å². The number of hydrogen-bond donors (Lipinski definition) is 0. The van der Waals surface area contributed by atoms with Crippen molar-refractivity contribution in [3.8, 4) is 68.3 Å². The molecule has 0 bridgehead atoms. The molecule has 11 rings (SSSR count). The van der Waals surface area contributed by atoms with Gasteiger partial charge in [-0.05, 0) is 105 Å². The maximum atomic E-state index is 9.93. The van der Waals surface area contributed by atoms with Gasteiger partial charge in [-0.3, -0.25) is 9.13 Å². The summed E-state index contributed by atoms with van der Waals surface area (Å²) in [6.07, 6.45) is 0. The van der Waals surface area contributed by atoms with E-state index in [0.717, 1.165) is 99.8 Å². The molecular weight excluding hydrogens is 731 g/mol. The number of fused-ring (bicyclic) bond motifs is 6. The lowest BCUT2D eigenvalue weighted by molar-refractivity contribution is 1.01. The summed E-state index contributed by atoms with van der Waals surface area (Å²) in [5.74, 6) is 1.56. The zero-order valence-electron chi connectivity index (χ0n) is 32.3. The van der Waals surface area contributed by atoms with Gasteiger partial charge in [0.2, 0.25) is 0 Å². The highest BCUT2D eigenvalue weighted by Gasteiger charge is 2.21. The molecule has 3 aromatic heterocycles. The third-order valence-electron chi connectivity index (χ3n) is 11.6. The van der Waals surface area contributed by atoms with Gasteiger partial charge in [-0.15, -0.1) is 0 Å². The maximum absolute atomic E-state index is 9.93. The highest BCUT2D eigenvalue weighted by Crippen LogP contribution is 2.43. The van der Waals surface area contributed by atoms with E-state index in [4.69, 9.17) is 4.98 Å². The molecule has 0 amide bonds. The molecule has 0 saturated heterocycles. The Bertz CT molecular complexity index is 3520. The SMILES string of the molecule is N#Cc1ccc(-c2ccccc2-c2ccccc2-c2cc(-n3c4ccccc4c4ccccc43)nc(-n3c4ccccc4c4cc(C#N)ccc43)c2)c(-c2ccccc2)c1. The first-order chi connectivity index (χ1) is 29.7. The minimum absolute atomic E-state index is 0.614. The maximum Gasteiger partial charge on any atom is 0.140 e. The van der Waals surface area contributed by atoms with E-state index >= 15 is 0 Å². The van der Waals surface area contributed by atoms with Crippen molar-refractivity contribution < 1.29 is 0 Å². The molecule has 0 fully saturated rings. The molecule has 3 heterocycles. The molecular formula is C55H33N5. The predicted molar refractivity (Wildman–Crippen MR) is 244 cm³/mol.